The Morgan fingerprint density at radius 3 is 2.39 bits per heavy atom. The van der Waals surface area contributed by atoms with Crippen LogP contribution in [-0.2, 0) is 0 Å². The van der Waals surface area contributed by atoms with E-state index in [0.29, 0.717) is 26.7 Å². The molecule has 138 valence electrons. The second-order valence-corrected chi connectivity index (χ2v) is 7.21. The van der Waals surface area contributed by atoms with Gasteiger partial charge in [-0.3, -0.25) is 5.43 Å². The highest BCUT2D eigenvalue weighted by Gasteiger charge is 2.10. The Morgan fingerprint density at radius 1 is 0.821 bits per heavy atom. The molecule has 0 aliphatic heterocycles. The van der Waals surface area contributed by atoms with Crippen molar-refractivity contribution in [1.82, 2.24) is 9.97 Å². The number of hydrogen-bond acceptors (Lipinski definition) is 4. The smallest absolute Gasteiger partial charge is 0.162 e. The number of anilines is 1. The first-order valence-electron chi connectivity index (χ1n) is 8.37. The molecule has 0 spiro atoms. The van der Waals surface area contributed by atoms with Gasteiger partial charge in [-0.25, -0.2) is 9.97 Å². The average Bonchev–Trinajstić information content (AvgIpc) is 2.71. The molecule has 7 heteroatoms. The van der Waals surface area contributed by atoms with E-state index in [1.165, 1.54) is 0 Å². The lowest BCUT2D eigenvalue weighted by Crippen LogP contribution is -1.99. The Labute approximate surface area is 176 Å². The predicted octanol–water partition coefficient (Wildman–Crippen LogP) is 6.70. The van der Waals surface area contributed by atoms with Crippen LogP contribution in [0.15, 0.2) is 71.8 Å². The van der Waals surface area contributed by atoms with Crippen molar-refractivity contribution in [2.24, 2.45) is 5.10 Å². The van der Waals surface area contributed by atoms with Gasteiger partial charge in [0, 0.05) is 16.0 Å². The van der Waals surface area contributed by atoms with Crippen molar-refractivity contribution in [3.05, 3.63) is 87.4 Å². The first-order valence-corrected chi connectivity index (χ1v) is 9.50. The lowest BCUT2D eigenvalue weighted by Gasteiger charge is -2.09. The van der Waals surface area contributed by atoms with Crippen molar-refractivity contribution < 1.29 is 0 Å². The monoisotopic (exact) mass is 426 g/mol. The van der Waals surface area contributed by atoms with Crippen molar-refractivity contribution in [3.63, 3.8) is 0 Å². The summed E-state index contributed by atoms with van der Waals surface area (Å²) in [5.41, 5.74) is 5.49. The van der Waals surface area contributed by atoms with Crippen molar-refractivity contribution in [1.29, 1.82) is 0 Å². The summed E-state index contributed by atoms with van der Waals surface area (Å²) in [6.07, 6.45) is 1.70. The number of fused-ring (bicyclic) bond motifs is 1. The molecule has 0 radical (unpaired) electrons. The molecule has 3 aromatic carbocycles. The highest BCUT2D eigenvalue weighted by Crippen LogP contribution is 2.29. The van der Waals surface area contributed by atoms with Gasteiger partial charge in [0.1, 0.15) is 0 Å². The standard InChI is InChI=1S/C21H13Cl3N4/c22-15-8-5-13(6-9-15)12-25-28-21-16-3-1-2-4-19(16)26-20(27-21)14-7-10-17(23)18(24)11-14/h1-12H,(H,26,27,28)/b25-12-. The fourth-order valence-corrected chi connectivity index (χ4v) is 3.07. The Bertz CT molecular complexity index is 1170. The van der Waals surface area contributed by atoms with Gasteiger partial charge in [0.05, 0.1) is 21.8 Å². The molecule has 0 saturated carbocycles. The minimum Gasteiger partial charge on any atom is -0.261 e. The lowest BCUT2D eigenvalue weighted by molar-refractivity contribution is 1.19. The van der Waals surface area contributed by atoms with Crippen molar-refractivity contribution in [2.45, 2.75) is 0 Å². The first-order chi connectivity index (χ1) is 13.6. The van der Waals surface area contributed by atoms with E-state index >= 15 is 0 Å². The second-order valence-electron chi connectivity index (χ2n) is 5.96. The highest BCUT2D eigenvalue weighted by atomic mass is 35.5. The van der Waals surface area contributed by atoms with Crippen molar-refractivity contribution in [2.75, 3.05) is 5.43 Å². The molecular weight excluding hydrogens is 415 g/mol. The van der Waals surface area contributed by atoms with Gasteiger partial charge in [-0.1, -0.05) is 59.1 Å². The number of rotatable bonds is 4. The summed E-state index contributed by atoms with van der Waals surface area (Å²) in [6, 6.07) is 20.4. The molecule has 4 aromatic rings. The van der Waals surface area contributed by atoms with E-state index in [9.17, 15) is 0 Å². The Morgan fingerprint density at radius 2 is 1.61 bits per heavy atom. The zero-order chi connectivity index (χ0) is 19.5. The number of hydrogen-bond donors (Lipinski definition) is 1. The normalized spacial score (nSPS) is 11.2. The summed E-state index contributed by atoms with van der Waals surface area (Å²) in [7, 11) is 0. The summed E-state index contributed by atoms with van der Waals surface area (Å²) in [4.78, 5) is 9.26. The third kappa shape index (κ3) is 4.09. The lowest BCUT2D eigenvalue weighted by atomic mass is 10.2. The van der Waals surface area contributed by atoms with Crippen molar-refractivity contribution in [3.8, 4) is 11.4 Å². The van der Waals surface area contributed by atoms with E-state index in [4.69, 9.17) is 34.8 Å². The van der Waals surface area contributed by atoms with E-state index in [-0.39, 0.29) is 0 Å². The summed E-state index contributed by atoms with van der Waals surface area (Å²) in [5.74, 6) is 1.12. The number of nitrogens with one attached hydrogen (secondary N) is 1. The predicted molar refractivity (Wildman–Crippen MR) is 118 cm³/mol. The molecule has 0 fully saturated rings. The van der Waals surface area contributed by atoms with E-state index in [0.717, 1.165) is 22.0 Å². The summed E-state index contributed by atoms with van der Waals surface area (Å²) < 4.78 is 0. The molecule has 4 rings (SSSR count). The largest absolute Gasteiger partial charge is 0.261 e. The third-order valence-electron chi connectivity index (χ3n) is 4.04. The van der Waals surface area contributed by atoms with Gasteiger partial charge >= 0.3 is 0 Å². The molecule has 1 aromatic heterocycles. The van der Waals surface area contributed by atoms with Gasteiger partial charge in [-0.05, 0) is 48.0 Å². The molecule has 1 heterocycles. The Hall–Kier alpha value is -2.66. The van der Waals surface area contributed by atoms with Gasteiger partial charge in [0.25, 0.3) is 0 Å². The van der Waals surface area contributed by atoms with Crippen LogP contribution in [-0.4, -0.2) is 16.2 Å². The van der Waals surface area contributed by atoms with Crippen LogP contribution in [0.1, 0.15) is 5.56 Å². The molecule has 0 atom stereocenters. The van der Waals surface area contributed by atoms with Gasteiger partial charge in [0.15, 0.2) is 11.6 Å². The number of benzene rings is 3. The van der Waals surface area contributed by atoms with Crippen LogP contribution >= 0.6 is 34.8 Å². The SMILES string of the molecule is Clc1ccc(/C=N\Nc2nc(-c3ccc(Cl)c(Cl)c3)nc3ccccc23)cc1. The van der Waals surface area contributed by atoms with Crippen LogP contribution in [0, 0.1) is 0 Å². The Balaban J connectivity index is 1.71. The molecule has 1 N–H and O–H groups in total. The Kier molecular flexibility index (Phi) is 5.44. The van der Waals surface area contributed by atoms with Crippen LogP contribution in [0.2, 0.25) is 15.1 Å². The first kappa shape index (κ1) is 18.7. The number of nitrogens with zero attached hydrogens (tertiary/aromatic N) is 3. The minimum atomic E-state index is 0.450. The van der Waals surface area contributed by atoms with E-state index in [2.05, 4.69) is 20.5 Å². The molecule has 0 saturated heterocycles. The third-order valence-corrected chi connectivity index (χ3v) is 5.03. The average molecular weight is 428 g/mol. The maximum Gasteiger partial charge on any atom is 0.162 e. The van der Waals surface area contributed by atoms with Gasteiger partial charge in [0.2, 0.25) is 0 Å². The maximum atomic E-state index is 6.15. The number of halogens is 3. The zero-order valence-electron chi connectivity index (χ0n) is 14.4. The van der Waals surface area contributed by atoms with Gasteiger partial charge < -0.3 is 0 Å². The fraction of sp³-hybridized carbons (Fsp3) is 0. The quantitative estimate of drug-likeness (QED) is 0.291. The zero-order valence-corrected chi connectivity index (χ0v) is 16.7. The van der Waals surface area contributed by atoms with E-state index in [1.54, 1.807) is 18.3 Å². The van der Waals surface area contributed by atoms with E-state index < -0.39 is 0 Å². The number of hydrazone groups is 1. The van der Waals surface area contributed by atoms with Gasteiger partial charge in [-0.15, -0.1) is 0 Å². The molecule has 0 aliphatic carbocycles. The number of para-hydroxylation sites is 1. The molecular formula is C21H13Cl3N4. The van der Waals surface area contributed by atoms with Crippen molar-refractivity contribution >= 4 is 57.7 Å². The molecule has 0 unspecified atom stereocenters. The highest BCUT2D eigenvalue weighted by molar-refractivity contribution is 6.42. The number of aromatic nitrogens is 2. The topological polar surface area (TPSA) is 50.2 Å². The van der Waals surface area contributed by atoms with E-state index in [1.807, 2.05) is 54.6 Å². The summed E-state index contributed by atoms with van der Waals surface area (Å²) >= 11 is 18.1. The maximum absolute atomic E-state index is 6.15. The molecule has 0 amide bonds. The molecule has 4 nitrogen and oxygen atoms in total. The van der Waals surface area contributed by atoms with Crippen LogP contribution in [0.25, 0.3) is 22.3 Å². The van der Waals surface area contributed by atoms with Crippen LogP contribution in [0.4, 0.5) is 5.82 Å². The molecule has 0 bridgehead atoms. The van der Waals surface area contributed by atoms with Crippen LogP contribution in [0.3, 0.4) is 0 Å². The van der Waals surface area contributed by atoms with Gasteiger partial charge in [-0.2, -0.15) is 5.10 Å². The molecule has 28 heavy (non-hydrogen) atoms. The second kappa shape index (κ2) is 8.15. The summed E-state index contributed by atoms with van der Waals surface area (Å²) in [5, 5.41) is 6.78. The fourth-order valence-electron chi connectivity index (χ4n) is 2.64. The van der Waals surface area contributed by atoms with Crippen LogP contribution in [0.5, 0.6) is 0 Å². The van der Waals surface area contributed by atoms with Crippen LogP contribution < -0.4 is 5.43 Å². The summed E-state index contributed by atoms with van der Waals surface area (Å²) in [6.45, 7) is 0. The minimum absolute atomic E-state index is 0.450. The molecule has 0 aliphatic rings.